The van der Waals surface area contributed by atoms with E-state index in [-0.39, 0.29) is 0 Å². The number of amides is 1. The average molecular weight is 1020 g/mol. The fourth-order valence-electron chi connectivity index (χ4n) is 10.5. The molecule has 0 aromatic heterocycles. The molecule has 0 aliphatic carbocycles. The molecule has 0 spiro atoms. The van der Waals surface area contributed by atoms with Crippen molar-refractivity contribution in [2.24, 2.45) is 0 Å². The minimum atomic E-state index is -1.28. The number of nitrogens with one attached hydrogen (secondary N) is 1. The van der Waals surface area contributed by atoms with Crippen LogP contribution in [0.3, 0.4) is 0 Å². The molecule has 0 rings (SSSR count). The van der Waals surface area contributed by atoms with Crippen LogP contribution in [-0.4, -0.2) is 57.3 Å². The lowest BCUT2D eigenvalue weighted by Crippen LogP contribution is -2.53. The van der Waals surface area contributed by atoms with Gasteiger partial charge in [0, 0.05) is 0 Å². The zero-order chi connectivity index (χ0) is 52.3. The Bertz CT molecular complexity index is 1100. The van der Waals surface area contributed by atoms with Crippen molar-refractivity contribution in [3.63, 3.8) is 0 Å². The average Bonchev–Trinajstić information content (AvgIpc) is 3.39. The van der Waals surface area contributed by atoms with E-state index >= 15 is 0 Å². The molecule has 0 fully saturated rings. The van der Waals surface area contributed by atoms with Gasteiger partial charge >= 0.3 is 0 Å². The topological polar surface area (TPSA) is 110 Å². The number of allylic oxidation sites excluding steroid dienone is 4. The highest BCUT2D eigenvalue weighted by molar-refractivity contribution is 5.80. The van der Waals surface area contributed by atoms with Crippen LogP contribution in [0.25, 0.3) is 0 Å². The SMILES string of the molecule is CCCCCCCCCCCCCC/C=C\CCCCCCCCCCCCCCCC(O)C(=O)NC(CO)C(O)C(O)CCC/C=C/CCCCCCCCCCCCCCCCCCCCCCCC. The van der Waals surface area contributed by atoms with Gasteiger partial charge < -0.3 is 25.7 Å². The Morgan fingerprint density at radius 1 is 0.333 bits per heavy atom. The molecule has 72 heavy (non-hydrogen) atoms. The minimum absolute atomic E-state index is 0.365. The summed E-state index contributed by atoms with van der Waals surface area (Å²) < 4.78 is 0. The third-order valence-corrected chi connectivity index (χ3v) is 15.6. The van der Waals surface area contributed by atoms with Crippen molar-refractivity contribution in [1.29, 1.82) is 0 Å². The number of carbonyl (C=O) groups is 1. The highest BCUT2D eigenvalue weighted by Gasteiger charge is 2.28. The molecular weight excluding hydrogens is 887 g/mol. The zero-order valence-corrected chi connectivity index (χ0v) is 48.7. The Labute approximate surface area is 450 Å². The van der Waals surface area contributed by atoms with Gasteiger partial charge in [-0.2, -0.15) is 0 Å². The molecule has 428 valence electrons. The summed E-state index contributed by atoms with van der Waals surface area (Å²) in [6, 6.07) is -1.00. The first kappa shape index (κ1) is 70.8. The van der Waals surface area contributed by atoms with E-state index in [0.717, 1.165) is 38.5 Å². The molecule has 0 aliphatic heterocycles. The van der Waals surface area contributed by atoms with E-state index in [1.807, 2.05) is 0 Å². The fourth-order valence-corrected chi connectivity index (χ4v) is 10.5. The molecule has 0 aromatic carbocycles. The van der Waals surface area contributed by atoms with Crippen molar-refractivity contribution in [2.75, 3.05) is 6.61 Å². The van der Waals surface area contributed by atoms with Gasteiger partial charge in [-0.1, -0.05) is 321 Å². The molecule has 0 aliphatic rings. The number of unbranched alkanes of at least 4 members (excludes halogenated alkanes) is 48. The summed E-state index contributed by atoms with van der Waals surface area (Å²) in [5, 5.41) is 44.1. The number of aliphatic hydroxyl groups is 4. The summed E-state index contributed by atoms with van der Waals surface area (Å²) >= 11 is 0. The van der Waals surface area contributed by atoms with Crippen molar-refractivity contribution in [3.05, 3.63) is 24.3 Å². The maximum Gasteiger partial charge on any atom is 0.249 e. The van der Waals surface area contributed by atoms with E-state index in [4.69, 9.17) is 0 Å². The molecular formula is C66H129NO5. The lowest BCUT2D eigenvalue weighted by atomic mass is 10.00. The third kappa shape index (κ3) is 53.6. The van der Waals surface area contributed by atoms with Gasteiger partial charge in [0.2, 0.25) is 5.91 Å². The van der Waals surface area contributed by atoms with Crippen LogP contribution in [0.2, 0.25) is 0 Å². The van der Waals surface area contributed by atoms with Crippen LogP contribution >= 0.6 is 0 Å². The molecule has 5 N–H and O–H groups in total. The second-order valence-electron chi connectivity index (χ2n) is 22.8. The van der Waals surface area contributed by atoms with Crippen molar-refractivity contribution in [2.45, 2.75) is 385 Å². The molecule has 4 atom stereocenters. The second-order valence-corrected chi connectivity index (χ2v) is 22.8. The molecule has 6 nitrogen and oxygen atoms in total. The van der Waals surface area contributed by atoms with Gasteiger partial charge in [-0.05, 0) is 64.2 Å². The molecule has 0 radical (unpaired) electrons. The normalized spacial score (nSPS) is 13.7. The number of rotatable bonds is 61. The smallest absolute Gasteiger partial charge is 0.249 e. The Hall–Kier alpha value is -1.21. The first-order valence-corrected chi connectivity index (χ1v) is 32.7. The van der Waals surface area contributed by atoms with Crippen LogP contribution < -0.4 is 5.32 Å². The van der Waals surface area contributed by atoms with Gasteiger partial charge in [0.25, 0.3) is 0 Å². The van der Waals surface area contributed by atoms with E-state index in [0.29, 0.717) is 12.8 Å². The van der Waals surface area contributed by atoms with E-state index in [2.05, 4.69) is 43.5 Å². The van der Waals surface area contributed by atoms with Crippen LogP contribution in [0.4, 0.5) is 0 Å². The third-order valence-electron chi connectivity index (χ3n) is 15.6. The number of aliphatic hydroxyl groups excluding tert-OH is 4. The van der Waals surface area contributed by atoms with E-state index in [1.165, 1.54) is 295 Å². The quantitative estimate of drug-likeness (QED) is 0.0308. The summed E-state index contributed by atoms with van der Waals surface area (Å²) in [4.78, 5) is 12.6. The van der Waals surface area contributed by atoms with E-state index in [1.54, 1.807) is 0 Å². The van der Waals surface area contributed by atoms with Crippen LogP contribution in [0, 0.1) is 0 Å². The second kappa shape index (κ2) is 60.7. The number of carbonyl (C=O) groups excluding carboxylic acids is 1. The van der Waals surface area contributed by atoms with Crippen LogP contribution in [0.1, 0.15) is 361 Å². The molecule has 0 saturated heterocycles. The minimum Gasteiger partial charge on any atom is -0.394 e. The lowest BCUT2D eigenvalue weighted by Gasteiger charge is -2.27. The molecule has 0 aromatic rings. The van der Waals surface area contributed by atoms with Crippen molar-refractivity contribution < 1.29 is 25.2 Å². The molecule has 6 heteroatoms. The fraction of sp³-hybridized carbons (Fsp3) is 0.924. The predicted molar refractivity (Wildman–Crippen MR) is 316 cm³/mol. The van der Waals surface area contributed by atoms with Crippen LogP contribution in [0.5, 0.6) is 0 Å². The monoisotopic (exact) mass is 1020 g/mol. The van der Waals surface area contributed by atoms with Gasteiger partial charge in [0.15, 0.2) is 0 Å². The zero-order valence-electron chi connectivity index (χ0n) is 48.7. The number of hydrogen-bond donors (Lipinski definition) is 5. The van der Waals surface area contributed by atoms with Gasteiger partial charge in [-0.3, -0.25) is 4.79 Å². The summed E-state index contributed by atoms with van der Waals surface area (Å²) in [5.41, 5.74) is 0. The van der Waals surface area contributed by atoms with Crippen LogP contribution in [-0.2, 0) is 4.79 Å². The first-order chi connectivity index (χ1) is 35.5. The van der Waals surface area contributed by atoms with Crippen LogP contribution in [0.15, 0.2) is 24.3 Å². The largest absolute Gasteiger partial charge is 0.394 e. The van der Waals surface area contributed by atoms with Gasteiger partial charge in [0.1, 0.15) is 12.2 Å². The molecule has 0 saturated carbocycles. The van der Waals surface area contributed by atoms with E-state index in [9.17, 15) is 25.2 Å². The number of hydrogen-bond acceptors (Lipinski definition) is 5. The molecule has 4 unspecified atom stereocenters. The Kier molecular flexibility index (Phi) is 59.6. The Morgan fingerprint density at radius 3 is 0.833 bits per heavy atom. The maximum atomic E-state index is 12.6. The van der Waals surface area contributed by atoms with Crippen molar-refractivity contribution in [1.82, 2.24) is 5.32 Å². The standard InChI is InChI=1S/C66H129NO5/c1-3-5-7-9-11-13-15-17-19-21-23-25-27-29-31-32-34-36-38-40-42-44-46-48-50-52-54-56-58-60-64(70)66(72)67-62(61-68)65(71)63(69)59-57-55-53-51-49-47-45-43-41-39-37-35-33-30-28-26-24-22-20-18-16-14-12-10-8-6-4-2/h29,31,51,53,62-65,68-71H,3-28,30,32-50,52,54-61H2,1-2H3,(H,67,72)/b31-29-,53-51+. The Morgan fingerprint density at radius 2 is 0.569 bits per heavy atom. The lowest BCUT2D eigenvalue weighted by molar-refractivity contribution is -0.132. The Balaban J connectivity index is 3.59. The highest BCUT2D eigenvalue weighted by Crippen LogP contribution is 2.19. The van der Waals surface area contributed by atoms with Gasteiger partial charge in [0.05, 0.1) is 18.8 Å². The molecule has 0 heterocycles. The van der Waals surface area contributed by atoms with Crippen molar-refractivity contribution >= 4 is 5.91 Å². The molecule has 0 bridgehead atoms. The van der Waals surface area contributed by atoms with Gasteiger partial charge in [-0.15, -0.1) is 0 Å². The summed E-state index contributed by atoms with van der Waals surface area (Å²) in [6.07, 6.45) is 75.7. The van der Waals surface area contributed by atoms with Gasteiger partial charge in [-0.25, -0.2) is 0 Å². The predicted octanol–water partition coefficient (Wildman–Crippen LogP) is 19.8. The van der Waals surface area contributed by atoms with E-state index < -0.39 is 36.9 Å². The summed E-state index contributed by atoms with van der Waals surface area (Å²) in [5.74, 6) is -0.587. The maximum absolute atomic E-state index is 12.6. The summed E-state index contributed by atoms with van der Waals surface area (Å²) in [6.45, 7) is 4.10. The first-order valence-electron chi connectivity index (χ1n) is 32.7. The molecule has 1 amide bonds. The highest BCUT2D eigenvalue weighted by atomic mass is 16.3. The summed E-state index contributed by atoms with van der Waals surface area (Å²) in [7, 11) is 0. The van der Waals surface area contributed by atoms with Crippen molar-refractivity contribution in [3.8, 4) is 0 Å².